The van der Waals surface area contributed by atoms with Crippen LogP contribution >= 0.6 is 11.6 Å². The molecule has 1 aromatic carbocycles. The molecule has 1 aliphatic rings. The summed E-state index contributed by atoms with van der Waals surface area (Å²) >= 11 is 5.75. The first-order valence-electron chi connectivity index (χ1n) is 8.24. The molecule has 3 aromatic rings. The number of nitrogens with zero attached hydrogens (tertiary/aromatic N) is 8. The van der Waals surface area contributed by atoms with Crippen LogP contribution in [0.4, 0.5) is 16.0 Å². The Balaban J connectivity index is 1.53. The average Bonchev–Trinajstić information content (AvgIpc) is 3.39. The van der Waals surface area contributed by atoms with Crippen molar-refractivity contribution in [3.63, 3.8) is 0 Å². The van der Waals surface area contributed by atoms with Crippen LogP contribution in [0, 0.1) is 5.82 Å². The lowest BCUT2D eigenvalue weighted by molar-refractivity contribution is 0.301. The zero-order chi connectivity index (χ0) is 18.8. The molecule has 0 amide bonds. The van der Waals surface area contributed by atoms with Crippen molar-refractivity contribution >= 4 is 29.1 Å². The van der Waals surface area contributed by atoms with Crippen molar-refractivity contribution in [2.45, 2.75) is 19.4 Å². The van der Waals surface area contributed by atoms with Gasteiger partial charge in [-0.1, -0.05) is 21.9 Å². The van der Waals surface area contributed by atoms with E-state index in [4.69, 9.17) is 22.0 Å². The summed E-state index contributed by atoms with van der Waals surface area (Å²) < 4.78 is 18.0. The molecular weight excluding hydrogens is 377 g/mol. The van der Waals surface area contributed by atoms with Gasteiger partial charge in [0.25, 0.3) is 5.95 Å². The standard InChI is InChI=1S/C15H15ClFN9O/c16-10-7-9(3-4-11(10)17)19-14(18)13-12(22-27-23-13)8-26-21-15(20-24-26)25-5-1-2-6-25/h3-4,7H,1-2,5-6,8H2,(H2,18,19). The molecule has 27 heavy (non-hydrogen) atoms. The lowest BCUT2D eigenvalue weighted by Gasteiger charge is -2.09. The Morgan fingerprint density at radius 2 is 2.11 bits per heavy atom. The summed E-state index contributed by atoms with van der Waals surface area (Å²) in [7, 11) is 0. The highest BCUT2D eigenvalue weighted by Gasteiger charge is 2.19. The fourth-order valence-electron chi connectivity index (χ4n) is 2.73. The molecule has 1 fully saturated rings. The Hall–Kier alpha value is -3.08. The molecule has 0 atom stereocenters. The predicted octanol–water partition coefficient (Wildman–Crippen LogP) is 1.53. The van der Waals surface area contributed by atoms with Crippen LogP contribution in [0.3, 0.4) is 0 Å². The van der Waals surface area contributed by atoms with Crippen molar-refractivity contribution in [3.05, 3.63) is 40.4 Å². The molecule has 3 heterocycles. The minimum Gasteiger partial charge on any atom is -0.382 e. The summed E-state index contributed by atoms with van der Waals surface area (Å²) in [5.74, 6) is 0.0888. The van der Waals surface area contributed by atoms with Gasteiger partial charge in [0, 0.05) is 13.1 Å². The molecule has 2 aromatic heterocycles. The minimum absolute atomic E-state index is 0.0498. The van der Waals surface area contributed by atoms with Crippen LogP contribution in [0.1, 0.15) is 24.2 Å². The van der Waals surface area contributed by atoms with Crippen LogP contribution < -0.4 is 10.6 Å². The summed E-state index contributed by atoms with van der Waals surface area (Å²) in [6, 6.07) is 4.01. The number of aliphatic imine (C=N–C) groups is 1. The summed E-state index contributed by atoms with van der Waals surface area (Å²) in [6.07, 6.45) is 2.23. The second-order valence-corrected chi connectivity index (χ2v) is 6.38. The summed E-state index contributed by atoms with van der Waals surface area (Å²) in [6.45, 7) is 2.00. The maximum atomic E-state index is 13.3. The molecule has 12 heteroatoms. The van der Waals surface area contributed by atoms with E-state index in [0.717, 1.165) is 25.9 Å². The summed E-state index contributed by atoms with van der Waals surface area (Å²) in [5, 5.41) is 20.0. The Kier molecular flexibility index (Phi) is 4.67. The maximum Gasteiger partial charge on any atom is 0.266 e. The minimum atomic E-state index is -0.538. The molecule has 2 N–H and O–H groups in total. The Bertz CT molecular complexity index is 979. The third-order valence-electron chi connectivity index (χ3n) is 4.07. The Morgan fingerprint density at radius 1 is 1.30 bits per heavy atom. The summed E-state index contributed by atoms with van der Waals surface area (Å²) in [5.41, 5.74) is 7.02. The maximum absolute atomic E-state index is 13.3. The second-order valence-electron chi connectivity index (χ2n) is 5.97. The van der Waals surface area contributed by atoms with Crippen LogP contribution in [0.5, 0.6) is 0 Å². The summed E-state index contributed by atoms with van der Waals surface area (Å²) in [4.78, 5) is 7.64. The number of amidine groups is 1. The molecule has 4 rings (SSSR count). The first-order valence-corrected chi connectivity index (χ1v) is 8.62. The predicted molar refractivity (Wildman–Crippen MR) is 94.5 cm³/mol. The van der Waals surface area contributed by atoms with Crippen molar-refractivity contribution < 1.29 is 9.02 Å². The van der Waals surface area contributed by atoms with Gasteiger partial charge in [0.05, 0.1) is 10.7 Å². The Morgan fingerprint density at radius 3 is 2.89 bits per heavy atom. The van der Waals surface area contributed by atoms with Crippen molar-refractivity contribution in [2.75, 3.05) is 18.0 Å². The molecule has 1 aliphatic heterocycles. The van der Waals surface area contributed by atoms with Crippen molar-refractivity contribution in [2.24, 2.45) is 10.7 Å². The number of benzene rings is 1. The monoisotopic (exact) mass is 391 g/mol. The van der Waals surface area contributed by atoms with Gasteiger partial charge in [-0.15, -0.1) is 5.10 Å². The number of halogens is 2. The van der Waals surface area contributed by atoms with Crippen LogP contribution in [-0.4, -0.2) is 49.4 Å². The van der Waals surface area contributed by atoms with Gasteiger partial charge in [0.1, 0.15) is 18.1 Å². The van der Waals surface area contributed by atoms with Crippen LogP contribution in [-0.2, 0) is 6.54 Å². The van der Waals surface area contributed by atoms with E-state index in [1.54, 1.807) is 0 Å². The molecule has 140 valence electrons. The molecule has 0 unspecified atom stereocenters. The topological polar surface area (TPSA) is 124 Å². The smallest absolute Gasteiger partial charge is 0.266 e. The van der Waals surface area contributed by atoms with E-state index in [2.05, 4.69) is 35.6 Å². The zero-order valence-corrected chi connectivity index (χ0v) is 14.8. The number of anilines is 1. The fourth-order valence-corrected chi connectivity index (χ4v) is 2.91. The number of nitrogens with two attached hydrogens (primary N) is 1. The molecule has 0 aliphatic carbocycles. The van der Waals surface area contributed by atoms with Gasteiger partial charge in [-0.2, -0.15) is 4.80 Å². The van der Waals surface area contributed by atoms with E-state index >= 15 is 0 Å². The van der Waals surface area contributed by atoms with Gasteiger partial charge in [0.15, 0.2) is 11.5 Å². The van der Waals surface area contributed by atoms with E-state index in [0.29, 0.717) is 17.3 Å². The quantitative estimate of drug-likeness (QED) is 0.513. The normalized spacial score (nSPS) is 14.9. The van der Waals surface area contributed by atoms with E-state index in [1.807, 2.05) is 0 Å². The molecule has 1 saturated heterocycles. The molecular formula is C15H15ClFN9O. The molecule has 10 nitrogen and oxygen atoms in total. The van der Waals surface area contributed by atoms with Crippen LogP contribution in [0.15, 0.2) is 27.8 Å². The van der Waals surface area contributed by atoms with Crippen molar-refractivity contribution in [1.29, 1.82) is 0 Å². The first kappa shape index (κ1) is 17.3. The van der Waals surface area contributed by atoms with Crippen LogP contribution in [0.25, 0.3) is 0 Å². The lowest BCUT2D eigenvalue weighted by atomic mass is 10.3. The van der Waals surface area contributed by atoms with Crippen LogP contribution in [0.2, 0.25) is 5.02 Å². The largest absolute Gasteiger partial charge is 0.382 e. The highest BCUT2D eigenvalue weighted by Crippen LogP contribution is 2.22. The third kappa shape index (κ3) is 3.72. The highest BCUT2D eigenvalue weighted by atomic mass is 35.5. The molecule has 0 bridgehead atoms. The second kappa shape index (κ2) is 7.27. The molecule has 0 spiro atoms. The average molecular weight is 392 g/mol. The highest BCUT2D eigenvalue weighted by molar-refractivity contribution is 6.31. The molecule has 0 saturated carbocycles. The number of hydrogen-bond donors (Lipinski definition) is 1. The van der Waals surface area contributed by atoms with Gasteiger partial charge >= 0.3 is 0 Å². The van der Waals surface area contributed by atoms with Gasteiger partial charge in [0.2, 0.25) is 0 Å². The van der Waals surface area contributed by atoms with E-state index in [9.17, 15) is 4.39 Å². The van der Waals surface area contributed by atoms with Crippen molar-refractivity contribution in [3.8, 4) is 0 Å². The third-order valence-corrected chi connectivity index (χ3v) is 4.36. The van der Waals surface area contributed by atoms with E-state index < -0.39 is 5.82 Å². The number of tetrazole rings is 1. The number of rotatable bonds is 5. The number of aromatic nitrogens is 6. The van der Waals surface area contributed by atoms with E-state index in [-0.39, 0.29) is 23.1 Å². The van der Waals surface area contributed by atoms with Gasteiger partial charge in [-0.3, -0.25) is 0 Å². The van der Waals surface area contributed by atoms with Crippen molar-refractivity contribution in [1.82, 2.24) is 30.5 Å². The lowest BCUT2D eigenvalue weighted by Crippen LogP contribution is -2.20. The van der Waals surface area contributed by atoms with Gasteiger partial charge < -0.3 is 10.6 Å². The SMILES string of the molecule is NC(=Nc1ccc(F)c(Cl)c1)c1nonc1Cn1nnc(N2CCCC2)n1. The molecule has 0 radical (unpaired) electrons. The fraction of sp³-hybridized carbons (Fsp3) is 0.333. The van der Waals surface area contributed by atoms with Gasteiger partial charge in [-0.05, 0) is 41.4 Å². The zero-order valence-electron chi connectivity index (χ0n) is 14.1. The Labute approximate surface area is 157 Å². The van der Waals surface area contributed by atoms with Gasteiger partial charge in [-0.25, -0.2) is 14.0 Å². The van der Waals surface area contributed by atoms with E-state index in [1.165, 1.54) is 23.0 Å². The first-order chi connectivity index (χ1) is 13.1. The number of hydrogen-bond acceptors (Lipinski definition) is 8.